The molecule has 3 aromatic rings. The van der Waals surface area contributed by atoms with Gasteiger partial charge in [0.15, 0.2) is 5.69 Å². The third kappa shape index (κ3) is 3.42. The van der Waals surface area contributed by atoms with Gasteiger partial charge in [0.1, 0.15) is 5.82 Å². The highest BCUT2D eigenvalue weighted by atomic mass is 35.5. The van der Waals surface area contributed by atoms with Crippen molar-refractivity contribution >= 4 is 35.0 Å². The molecule has 0 fully saturated rings. The SMILES string of the molecule is CCC(=O)N1c2ccccc2-c2nnc(SC)nc2OC1c1c(F)cccc1Cl. The van der Waals surface area contributed by atoms with Crippen molar-refractivity contribution in [1.82, 2.24) is 15.2 Å². The van der Waals surface area contributed by atoms with Gasteiger partial charge < -0.3 is 4.74 Å². The molecule has 148 valence electrons. The minimum atomic E-state index is -1.15. The number of hydrogen-bond donors (Lipinski definition) is 0. The Balaban J connectivity index is 2.03. The third-order valence-corrected chi connectivity index (χ3v) is 5.38. The van der Waals surface area contributed by atoms with Gasteiger partial charge in [-0.15, -0.1) is 10.2 Å². The Labute approximate surface area is 176 Å². The first-order chi connectivity index (χ1) is 14.0. The van der Waals surface area contributed by atoms with E-state index in [1.54, 1.807) is 31.2 Å². The van der Waals surface area contributed by atoms with Gasteiger partial charge in [-0.1, -0.05) is 54.6 Å². The maximum atomic E-state index is 14.9. The molecule has 1 aliphatic rings. The van der Waals surface area contributed by atoms with Gasteiger partial charge in [-0.3, -0.25) is 9.69 Å². The molecule has 0 saturated carbocycles. The molecule has 0 aliphatic carbocycles. The fourth-order valence-corrected chi connectivity index (χ4v) is 3.73. The largest absolute Gasteiger partial charge is 0.447 e. The molecular weight excluding hydrogens is 415 g/mol. The van der Waals surface area contributed by atoms with Gasteiger partial charge in [-0.2, -0.15) is 4.98 Å². The summed E-state index contributed by atoms with van der Waals surface area (Å²) < 4.78 is 21.0. The van der Waals surface area contributed by atoms with Crippen LogP contribution in [0, 0.1) is 5.82 Å². The van der Waals surface area contributed by atoms with Crippen LogP contribution >= 0.6 is 23.4 Å². The van der Waals surface area contributed by atoms with Gasteiger partial charge in [0.2, 0.25) is 23.2 Å². The smallest absolute Gasteiger partial charge is 0.247 e. The summed E-state index contributed by atoms with van der Waals surface area (Å²) in [6.07, 6.45) is 0.850. The Hall–Kier alpha value is -2.71. The summed E-state index contributed by atoms with van der Waals surface area (Å²) >= 11 is 7.63. The second-order valence-corrected chi connectivity index (χ2v) is 7.37. The van der Waals surface area contributed by atoms with Crippen molar-refractivity contribution in [3.8, 4) is 17.1 Å². The predicted molar refractivity (Wildman–Crippen MR) is 110 cm³/mol. The lowest BCUT2D eigenvalue weighted by Crippen LogP contribution is -2.38. The van der Waals surface area contributed by atoms with E-state index in [-0.39, 0.29) is 28.8 Å². The average Bonchev–Trinajstić information content (AvgIpc) is 2.87. The number of thioether (sulfide) groups is 1. The lowest BCUT2D eigenvalue weighted by atomic mass is 10.1. The first-order valence-corrected chi connectivity index (χ1v) is 10.5. The molecule has 0 saturated heterocycles. The van der Waals surface area contributed by atoms with E-state index in [0.717, 1.165) is 0 Å². The van der Waals surface area contributed by atoms with Gasteiger partial charge in [-0.05, 0) is 24.5 Å². The highest BCUT2D eigenvalue weighted by Gasteiger charge is 2.37. The lowest BCUT2D eigenvalue weighted by Gasteiger charge is -2.31. The molecular formula is C20H16ClFN4O2S. The normalized spacial score (nSPS) is 15.2. The predicted octanol–water partition coefficient (Wildman–Crippen LogP) is 4.89. The summed E-state index contributed by atoms with van der Waals surface area (Å²) in [4.78, 5) is 18.8. The fourth-order valence-electron chi connectivity index (χ4n) is 3.17. The van der Waals surface area contributed by atoms with Gasteiger partial charge in [0, 0.05) is 12.0 Å². The Morgan fingerprint density at radius 1 is 1.24 bits per heavy atom. The van der Waals surface area contributed by atoms with E-state index in [9.17, 15) is 9.18 Å². The van der Waals surface area contributed by atoms with E-state index >= 15 is 0 Å². The molecule has 6 nitrogen and oxygen atoms in total. The molecule has 2 aromatic carbocycles. The summed E-state index contributed by atoms with van der Waals surface area (Å²) in [5, 5.41) is 8.90. The molecule has 0 spiro atoms. The van der Waals surface area contributed by atoms with E-state index < -0.39 is 12.0 Å². The number of carbonyl (C=O) groups excluding carboxylic acids is 1. The topological polar surface area (TPSA) is 68.2 Å². The second-order valence-electron chi connectivity index (χ2n) is 6.19. The van der Waals surface area contributed by atoms with Crippen molar-refractivity contribution < 1.29 is 13.9 Å². The van der Waals surface area contributed by atoms with E-state index in [4.69, 9.17) is 16.3 Å². The summed E-state index contributed by atoms with van der Waals surface area (Å²) in [6, 6.07) is 11.5. The molecule has 4 rings (SSSR count). The number of para-hydroxylation sites is 1. The number of amides is 1. The van der Waals surface area contributed by atoms with Crippen LogP contribution in [-0.2, 0) is 4.79 Å². The van der Waals surface area contributed by atoms with Crippen LogP contribution < -0.4 is 9.64 Å². The fraction of sp³-hybridized carbons (Fsp3) is 0.200. The summed E-state index contributed by atoms with van der Waals surface area (Å²) in [5.41, 5.74) is 1.58. The average molecular weight is 431 g/mol. The zero-order chi connectivity index (χ0) is 20.5. The van der Waals surface area contributed by atoms with E-state index in [2.05, 4.69) is 15.2 Å². The molecule has 1 aliphatic heterocycles. The Morgan fingerprint density at radius 2 is 2.03 bits per heavy atom. The second kappa shape index (κ2) is 7.96. The molecule has 0 radical (unpaired) electrons. The highest BCUT2D eigenvalue weighted by molar-refractivity contribution is 7.98. The number of carbonyl (C=O) groups is 1. The molecule has 9 heteroatoms. The monoisotopic (exact) mass is 430 g/mol. The standard InChI is InChI=1S/C20H16ClFN4O2S/c1-3-15(27)26-14-10-5-4-7-11(14)17-18(23-20(29-2)25-24-17)28-19(26)16-12(21)8-6-9-13(16)22/h4-10,19H,3H2,1-2H3. The first-order valence-electron chi connectivity index (χ1n) is 8.85. The van der Waals surface area contributed by atoms with Crippen LogP contribution in [0.25, 0.3) is 11.3 Å². The van der Waals surface area contributed by atoms with Crippen molar-refractivity contribution in [2.45, 2.75) is 24.7 Å². The maximum Gasteiger partial charge on any atom is 0.247 e. The van der Waals surface area contributed by atoms with Crippen LogP contribution in [-0.4, -0.2) is 27.3 Å². The Morgan fingerprint density at radius 3 is 2.76 bits per heavy atom. The summed E-state index contributed by atoms with van der Waals surface area (Å²) in [6.45, 7) is 1.73. The summed E-state index contributed by atoms with van der Waals surface area (Å²) in [7, 11) is 0. The van der Waals surface area contributed by atoms with Crippen molar-refractivity contribution in [1.29, 1.82) is 0 Å². The number of anilines is 1. The van der Waals surface area contributed by atoms with Crippen molar-refractivity contribution in [2.24, 2.45) is 0 Å². The van der Waals surface area contributed by atoms with Crippen LogP contribution in [0.1, 0.15) is 25.1 Å². The number of benzene rings is 2. The molecule has 29 heavy (non-hydrogen) atoms. The third-order valence-electron chi connectivity index (χ3n) is 4.51. The molecule has 0 bridgehead atoms. The number of fused-ring (bicyclic) bond motifs is 3. The van der Waals surface area contributed by atoms with Gasteiger partial charge in [0.05, 0.1) is 16.3 Å². The Kier molecular flexibility index (Phi) is 5.38. The number of halogens is 2. The molecule has 0 N–H and O–H groups in total. The van der Waals surface area contributed by atoms with Crippen LogP contribution in [0.2, 0.25) is 5.02 Å². The number of ether oxygens (including phenoxy) is 1. The van der Waals surface area contributed by atoms with Crippen LogP contribution in [0.3, 0.4) is 0 Å². The van der Waals surface area contributed by atoms with Crippen molar-refractivity contribution in [2.75, 3.05) is 11.2 Å². The molecule has 2 heterocycles. The zero-order valence-corrected chi connectivity index (χ0v) is 17.2. The summed E-state index contributed by atoms with van der Waals surface area (Å²) in [5.74, 6) is -0.676. The number of aromatic nitrogens is 3. The zero-order valence-electron chi connectivity index (χ0n) is 15.6. The van der Waals surface area contributed by atoms with E-state index in [1.165, 1.54) is 28.8 Å². The highest BCUT2D eigenvalue weighted by Crippen LogP contribution is 2.45. The van der Waals surface area contributed by atoms with Crippen molar-refractivity contribution in [3.63, 3.8) is 0 Å². The van der Waals surface area contributed by atoms with Crippen LogP contribution in [0.15, 0.2) is 47.6 Å². The number of hydrogen-bond acceptors (Lipinski definition) is 6. The number of rotatable bonds is 3. The van der Waals surface area contributed by atoms with Crippen molar-refractivity contribution in [3.05, 3.63) is 58.9 Å². The minimum absolute atomic E-state index is 0.0583. The quantitative estimate of drug-likeness (QED) is 0.551. The lowest BCUT2D eigenvalue weighted by molar-refractivity contribution is -0.120. The Bertz CT molecular complexity index is 1080. The molecule has 1 atom stereocenters. The van der Waals surface area contributed by atoms with E-state index in [1.807, 2.05) is 12.3 Å². The first kappa shape index (κ1) is 19.6. The van der Waals surface area contributed by atoms with Gasteiger partial charge in [0.25, 0.3) is 0 Å². The van der Waals surface area contributed by atoms with Gasteiger partial charge >= 0.3 is 0 Å². The van der Waals surface area contributed by atoms with Crippen LogP contribution in [0.4, 0.5) is 10.1 Å². The van der Waals surface area contributed by atoms with Gasteiger partial charge in [-0.25, -0.2) is 4.39 Å². The molecule has 1 aromatic heterocycles. The molecule has 1 unspecified atom stereocenters. The van der Waals surface area contributed by atoms with E-state index in [0.29, 0.717) is 22.1 Å². The minimum Gasteiger partial charge on any atom is -0.447 e. The molecule has 1 amide bonds. The maximum absolute atomic E-state index is 14.9. The van der Waals surface area contributed by atoms with Crippen LogP contribution in [0.5, 0.6) is 5.88 Å². The number of nitrogens with zero attached hydrogens (tertiary/aromatic N) is 4.